The lowest BCUT2D eigenvalue weighted by atomic mass is 10.0. The predicted octanol–water partition coefficient (Wildman–Crippen LogP) is 5.42. The lowest BCUT2D eigenvalue weighted by Crippen LogP contribution is -2.52. The zero-order valence-corrected chi connectivity index (χ0v) is 19.4. The second-order valence-electron chi connectivity index (χ2n) is 9.87. The molecule has 0 heterocycles. The number of carbonyl (C=O) groups is 1. The number of aliphatic hydroxyl groups excluding tert-OH is 1. The summed E-state index contributed by atoms with van der Waals surface area (Å²) in [5, 5.41) is 20.3. The van der Waals surface area contributed by atoms with E-state index in [9.17, 15) is 19.4 Å². The van der Waals surface area contributed by atoms with Gasteiger partial charge in [0.2, 0.25) is 0 Å². The average molecular weight is 414 g/mol. The Hall–Kier alpha value is -1.44. The van der Waals surface area contributed by atoms with Crippen LogP contribution in [0.15, 0.2) is 24.3 Å². The number of rotatable bonds is 7. The molecule has 1 rings (SSSR count). The number of amides is 1. The van der Waals surface area contributed by atoms with Crippen LogP contribution in [-0.4, -0.2) is 47.7 Å². The van der Waals surface area contributed by atoms with Gasteiger partial charge >= 0.3 is 6.09 Å². The lowest BCUT2D eigenvalue weighted by molar-refractivity contribution is 0.0335. The summed E-state index contributed by atoms with van der Waals surface area (Å²) in [5.74, 6) is -0.416. The number of aliphatic hydroxyl groups is 1. The summed E-state index contributed by atoms with van der Waals surface area (Å²) in [7, 11) is -2.21. The van der Waals surface area contributed by atoms with Gasteiger partial charge in [0.25, 0.3) is 0 Å². The van der Waals surface area contributed by atoms with Crippen LogP contribution in [0.2, 0.25) is 18.1 Å². The van der Waals surface area contributed by atoms with E-state index in [1.165, 1.54) is 17.0 Å². The minimum absolute atomic E-state index is 0.0646. The van der Waals surface area contributed by atoms with Crippen LogP contribution >= 0.6 is 0 Å². The lowest BCUT2D eigenvalue weighted by Gasteiger charge is -2.42. The topological polar surface area (TPSA) is 70.0 Å². The first-order chi connectivity index (χ1) is 12.5. The molecule has 5 nitrogen and oxygen atoms in total. The summed E-state index contributed by atoms with van der Waals surface area (Å²) in [6.45, 7) is 16.1. The van der Waals surface area contributed by atoms with Crippen molar-refractivity contribution in [2.75, 3.05) is 6.54 Å². The molecule has 0 bridgehead atoms. The molecule has 0 saturated carbocycles. The molecule has 0 aromatic heterocycles. The Morgan fingerprint density at radius 2 is 1.79 bits per heavy atom. The fourth-order valence-electron chi connectivity index (χ4n) is 2.69. The molecule has 1 aromatic rings. The number of carboxylic acid groups (broad SMARTS) is 1. The number of hydrogen-bond donors (Lipinski definition) is 2. The molecule has 0 aliphatic rings. The maximum Gasteiger partial charge on any atom is 0.407 e. The van der Waals surface area contributed by atoms with E-state index in [1.807, 2.05) is 20.8 Å². The fourth-order valence-corrected chi connectivity index (χ4v) is 4.05. The summed E-state index contributed by atoms with van der Waals surface area (Å²) in [6.07, 6.45) is -2.29. The third-order valence-corrected chi connectivity index (χ3v) is 9.95. The standard InChI is InChI=1S/C21H36FNO4Si/c1-20(2,3)23(19(25)26)14-17(27-28(7,8)21(4,5)6)13-18(24)15-10-9-11-16(22)12-15/h9-12,17-18,24H,13-14H2,1-8H3,(H,25,26)/t17-,18?/m1/s1. The maximum atomic E-state index is 13.5. The van der Waals surface area contributed by atoms with Crippen LogP contribution in [0, 0.1) is 5.82 Å². The van der Waals surface area contributed by atoms with Gasteiger partial charge in [0.1, 0.15) is 5.82 Å². The van der Waals surface area contributed by atoms with Crippen LogP contribution in [0.25, 0.3) is 0 Å². The van der Waals surface area contributed by atoms with Gasteiger partial charge in [-0.25, -0.2) is 9.18 Å². The fraction of sp³-hybridized carbons (Fsp3) is 0.667. The molecule has 1 amide bonds. The molecule has 160 valence electrons. The Kier molecular flexibility index (Phi) is 7.84. The van der Waals surface area contributed by atoms with E-state index in [0.717, 1.165) is 0 Å². The zero-order valence-electron chi connectivity index (χ0n) is 18.4. The van der Waals surface area contributed by atoms with Crippen LogP contribution in [-0.2, 0) is 4.43 Å². The van der Waals surface area contributed by atoms with E-state index in [-0.39, 0.29) is 18.0 Å². The molecular weight excluding hydrogens is 377 g/mol. The van der Waals surface area contributed by atoms with Crippen LogP contribution in [0.4, 0.5) is 9.18 Å². The minimum atomic E-state index is -2.21. The van der Waals surface area contributed by atoms with E-state index in [0.29, 0.717) is 5.56 Å². The molecule has 0 radical (unpaired) electrons. The van der Waals surface area contributed by atoms with Crippen LogP contribution < -0.4 is 0 Å². The number of hydrogen-bond acceptors (Lipinski definition) is 3. The summed E-state index contributed by atoms with van der Waals surface area (Å²) >= 11 is 0. The first kappa shape index (κ1) is 24.6. The van der Waals surface area contributed by atoms with E-state index >= 15 is 0 Å². The Morgan fingerprint density at radius 3 is 2.21 bits per heavy atom. The molecule has 28 heavy (non-hydrogen) atoms. The molecule has 1 aromatic carbocycles. The predicted molar refractivity (Wildman–Crippen MR) is 113 cm³/mol. The summed E-state index contributed by atoms with van der Waals surface area (Å²) in [4.78, 5) is 13.2. The van der Waals surface area contributed by atoms with Crippen molar-refractivity contribution in [3.05, 3.63) is 35.6 Å². The highest BCUT2D eigenvalue weighted by atomic mass is 28.4. The summed E-state index contributed by atoms with van der Waals surface area (Å²) in [5.41, 5.74) is -0.147. The van der Waals surface area contributed by atoms with E-state index in [2.05, 4.69) is 33.9 Å². The van der Waals surface area contributed by atoms with E-state index in [1.54, 1.807) is 12.1 Å². The molecule has 0 fully saturated rings. The zero-order chi connectivity index (χ0) is 21.9. The van der Waals surface area contributed by atoms with Crippen molar-refractivity contribution in [2.45, 2.75) is 83.8 Å². The number of halogens is 1. The molecule has 0 saturated heterocycles. The third kappa shape index (κ3) is 6.86. The maximum absolute atomic E-state index is 13.5. The Bertz CT molecular complexity index is 667. The second-order valence-corrected chi connectivity index (χ2v) is 14.6. The number of nitrogens with zero attached hydrogens (tertiary/aromatic N) is 1. The van der Waals surface area contributed by atoms with Gasteiger partial charge in [-0.05, 0) is 56.6 Å². The quantitative estimate of drug-likeness (QED) is 0.586. The van der Waals surface area contributed by atoms with Crippen LogP contribution in [0.3, 0.4) is 0 Å². The molecule has 2 atom stereocenters. The Labute approximate surface area is 169 Å². The Balaban J connectivity index is 3.14. The van der Waals surface area contributed by atoms with Crippen molar-refractivity contribution in [2.24, 2.45) is 0 Å². The van der Waals surface area contributed by atoms with Crippen LogP contribution in [0.5, 0.6) is 0 Å². The van der Waals surface area contributed by atoms with E-state index in [4.69, 9.17) is 4.43 Å². The van der Waals surface area contributed by atoms with Gasteiger partial charge in [0, 0.05) is 18.5 Å². The van der Waals surface area contributed by atoms with Crippen molar-refractivity contribution in [3.8, 4) is 0 Å². The van der Waals surface area contributed by atoms with Gasteiger partial charge in [0.05, 0.1) is 12.2 Å². The average Bonchev–Trinajstić information content (AvgIpc) is 2.49. The highest BCUT2D eigenvalue weighted by molar-refractivity contribution is 6.74. The first-order valence-corrected chi connectivity index (χ1v) is 12.6. The van der Waals surface area contributed by atoms with Crippen LogP contribution in [0.1, 0.15) is 59.6 Å². The normalized spacial score (nSPS) is 15.2. The highest BCUT2D eigenvalue weighted by Crippen LogP contribution is 2.38. The summed E-state index contributed by atoms with van der Waals surface area (Å²) < 4.78 is 20.0. The molecule has 2 N–H and O–H groups in total. The van der Waals surface area contributed by atoms with Gasteiger partial charge in [-0.15, -0.1) is 0 Å². The molecule has 7 heteroatoms. The third-order valence-electron chi connectivity index (χ3n) is 5.41. The monoisotopic (exact) mass is 413 g/mol. The van der Waals surface area contributed by atoms with Gasteiger partial charge < -0.3 is 19.5 Å². The molecule has 0 aliphatic heterocycles. The van der Waals surface area contributed by atoms with E-state index < -0.39 is 38.0 Å². The summed E-state index contributed by atoms with van der Waals surface area (Å²) in [6, 6.07) is 5.84. The SMILES string of the molecule is CC(C)(C)N(C[C@@H](CC(O)c1cccc(F)c1)O[Si](C)(C)C(C)(C)C)C(=O)O. The van der Waals surface area contributed by atoms with Crippen molar-refractivity contribution in [1.82, 2.24) is 4.90 Å². The van der Waals surface area contributed by atoms with Crippen molar-refractivity contribution in [3.63, 3.8) is 0 Å². The van der Waals surface area contributed by atoms with Gasteiger partial charge in [0.15, 0.2) is 8.32 Å². The smallest absolute Gasteiger partial charge is 0.407 e. The minimum Gasteiger partial charge on any atom is -0.465 e. The Morgan fingerprint density at radius 1 is 1.21 bits per heavy atom. The van der Waals surface area contributed by atoms with Crippen molar-refractivity contribution >= 4 is 14.4 Å². The molecule has 1 unspecified atom stereocenters. The first-order valence-electron chi connectivity index (χ1n) is 9.66. The molecule has 0 aliphatic carbocycles. The van der Waals surface area contributed by atoms with Crippen molar-refractivity contribution in [1.29, 1.82) is 0 Å². The largest absolute Gasteiger partial charge is 0.465 e. The molecule has 0 spiro atoms. The number of benzene rings is 1. The second kappa shape index (κ2) is 8.92. The van der Waals surface area contributed by atoms with Gasteiger partial charge in [-0.1, -0.05) is 32.9 Å². The van der Waals surface area contributed by atoms with Gasteiger partial charge in [-0.3, -0.25) is 0 Å². The highest BCUT2D eigenvalue weighted by Gasteiger charge is 2.41. The molecular formula is C21H36FNO4Si. The van der Waals surface area contributed by atoms with Gasteiger partial charge in [-0.2, -0.15) is 0 Å². The van der Waals surface area contributed by atoms with Crippen molar-refractivity contribution < 1.29 is 23.8 Å².